The van der Waals surface area contributed by atoms with Gasteiger partial charge in [-0.15, -0.1) is 0 Å². The number of hydrogen-bond acceptors (Lipinski definition) is 2. The number of unbranched alkanes of at least 4 members (excludes halogenated alkanes) is 2. The van der Waals surface area contributed by atoms with Gasteiger partial charge in [-0.05, 0) is 89.6 Å². The first-order valence-electron chi connectivity index (χ1n) is 12.7. The van der Waals surface area contributed by atoms with Gasteiger partial charge in [-0.1, -0.05) is 82.1 Å². The van der Waals surface area contributed by atoms with Crippen LogP contribution < -0.4 is 4.74 Å². The van der Waals surface area contributed by atoms with E-state index in [0.717, 1.165) is 31.4 Å². The van der Waals surface area contributed by atoms with Gasteiger partial charge in [-0.25, -0.2) is 0 Å². The summed E-state index contributed by atoms with van der Waals surface area (Å²) in [6.07, 6.45) is 8.70. The normalized spacial score (nSPS) is 11.0. The van der Waals surface area contributed by atoms with Crippen molar-refractivity contribution in [2.75, 3.05) is 6.61 Å². The Morgan fingerprint density at radius 3 is 1.91 bits per heavy atom. The first-order valence-corrected chi connectivity index (χ1v) is 12.7. The van der Waals surface area contributed by atoms with Gasteiger partial charge in [-0.3, -0.25) is 0 Å². The van der Waals surface area contributed by atoms with Crippen molar-refractivity contribution in [2.45, 2.75) is 78.7 Å². The van der Waals surface area contributed by atoms with E-state index in [-0.39, 0.29) is 6.61 Å². The average molecular weight is 445 g/mol. The molecule has 0 saturated heterocycles. The molecule has 2 nitrogen and oxygen atoms in total. The largest absolute Gasteiger partial charge is 0.489 e. The van der Waals surface area contributed by atoms with E-state index in [4.69, 9.17) is 9.84 Å². The van der Waals surface area contributed by atoms with Crippen LogP contribution in [0.4, 0.5) is 0 Å². The summed E-state index contributed by atoms with van der Waals surface area (Å²) in [5.41, 5.74) is 9.23. The van der Waals surface area contributed by atoms with Crippen LogP contribution in [0.15, 0.2) is 60.7 Å². The molecule has 0 heterocycles. The van der Waals surface area contributed by atoms with Crippen molar-refractivity contribution in [1.29, 1.82) is 0 Å². The van der Waals surface area contributed by atoms with Gasteiger partial charge in [0.2, 0.25) is 0 Å². The predicted molar refractivity (Wildman–Crippen MR) is 140 cm³/mol. The second kappa shape index (κ2) is 13.2. The molecule has 0 amide bonds. The third-order valence-corrected chi connectivity index (χ3v) is 6.42. The lowest BCUT2D eigenvalue weighted by atomic mass is 9.91. The third kappa shape index (κ3) is 7.20. The molecule has 0 unspecified atom stereocenters. The van der Waals surface area contributed by atoms with E-state index in [0.29, 0.717) is 6.61 Å². The SMILES string of the molecule is CCCCCc1ccc(COc2ccc(-c3ccc(CCCO)cc3CC)c(CC)c2)cc1. The predicted octanol–water partition coefficient (Wildman–Crippen LogP) is 7.72. The van der Waals surface area contributed by atoms with E-state index in [2.05, 4.69) is 81.4 Å². The Kier molecular flexibility index (Phi) is 10.0. The first kappa shape index (κ1) is 25.1. The molecule has 33 heavy (non-hydrogen) atoms. The van der Waals surface area contributed by atoms with Crippen LogP contribution in [0, 0.1) is 0 Å². The monoisotopic (exact) mass is 444 g/mol. The Balaban J connectivity index is 1.70. The molecule has 0 fully saturated rings. The van der Waals surface area contributed by atoms with Crippen LogP contribution in [-0.4, -0.2) is 11.7 Å². The van der Waals surface area contributed by atoms with Crippen LogP contribution in [0.3, 0.4) is 0 Å². The number of rotatable bonds is 13. The Hall–Kier alpha value is -2.58. The highest BCUT2D eigenvalue weighted by atomic mass is 16.5. The van der Waals surface area contributed by atoms with Crippen molar-refractivity contribution < 1.29 is 9.84 Å². The van der Waals surface area contributed by atoms with E-state index in [9.17, 15) is 0 Å². The first-order chi connectivity index (χ1) is 16.2. The molecule has 0 aliphatic rings. The minimum Gasteiger partial charge on any atom is -0.489 e. The second-order valence-electron chi connectivity index (χ2n) is 8.91. The minimum absolute atomic E-state index is 0.244. The van der Waals surface area contributed by atoms with Crippen LogP contribution in [0.5, 0.6) is 5.75 Å². The van der Waals surface area contributed by atoms with Crippen LogP contribution in [0.2, 0.25) is 0 Å². The molecule has 0 aliphatic carbocycles. The zero-order valence-corrected chi connectivity index (χ0v) is 20.7. The van der Waals surface area contributed by atoms with Gasteiger partial charge in [0.15, 0.2) is 0 Å². The number of ether oxygens (including phenoxy) is 1. The summed E-state index contributed by atoms with van der Waals surface area (Å²) >= 11 is 0. The summed E-state index contributed by atoms with van der Waals surface area (Å²) in [5, 5.41) is 9.14. The van der Waals surface area contributed by atoms with Crippen LogP contribution >= 0.6 is 0 Å². The van der Waals surface area contributed by atoms with Gasteiger partial charge in [0.25, 0.3) is 0 Å². The van der Waals surface area contributed by atoms with Crippen LogP contribution in [0.25, 0.3) is 11.1 Å². The van der Waals surface area contributed by atoms with Crippen molar-refractivity contribution >= 4 is 0 Å². The maximum absolute atomic E-state index is 9.14. The van der Waals surface area contributed by atoms with Gasteiger partial charge in [-0.2, -0.15) is 0 Å². The van der Waals surface area contributed by atoms with Crippen LogP contribution in [-0.2, 0) is 32.3 Å². The Morgan fingerprint density at radius 1 is 0.636 bits per heavy atom. The molecule has 0 bridgehead atoms. The van der Waals surface area contributed by atoms with Gasteiger partial charge < -0.3 is 9.84 Å². The number of aliphatic hydroxyl groups is 1. The van der Waals surface area contributed by atoms with Gasteiger partial charge in [0, 0.05) is 6.61 Å². The summed E-state index contributed by atoms with van der Waals surface area (Å²) in [5.74, 6) is 0.931. The third-order valence-electron chi connectivity index (χ3n) is 6.42. The molecule has 1 N–H and O–H groups in total. The molecule has 0 spiro atoms. The van der Waals surface area contributed by atoms with Crippen LogP contribution in [0.1, 0.15) is 74.3 Å². The van der Waals surface area contributed by atoms with E-state index in [1.54, 1.807) is 0 Å². The Bertz CT molecular complexity index is 988. The molecule has 3 aromatic carbocycles. The van der Waals surface area contributed by atoms with Crippen molar-refractivity contribution in [3.05, 3.63) is 88.5 Å². The van der Waals surface area contributed by atoms with Gasteiger partial charge in [0.05, 0.1) is 0 Å². The number of aliphatic hydroxyl groups excluding tert-OH is 1. The molecule has 3 aromatic rings. The molecule has 2 heteroatoms. The van der Waals surface area contributed by atoms with E-state index < -0.39 is 0 Å². The van der Waals surface area contributed by atoms with E-state index >= 15 is 0 Å². The van der Waals surface area contributed by atoms with Gasteiger partial charge in [0.1, 0.15) is 12.4 Å². The smallest absolute Gasteiger partial charge is 0.120 e. The Labute approximate surface area is 200 Å². The fraction of sp³-hybridized carbons (Fsp3) is 0.419. The van der Waals surface area contributed by atoms with Gasteiger partial charge >= 0.3 is 0 Å². The number of hydrogen-bond donors (Lipinski definition) is 1. The molecule has 3 rings (SSSR count). The lowest BCUT2D eigenvalue weighted by molar-refractivity contribution is 0.288. The summed E-state index contributed by atoms with van der Waals surface area (Å²) in [6.45, 7) is 7.51. The average Bonchev–Trinajstić information content (AvgIpc) is 2.86. The second-order valence-corrected chi connectivity index (χ2v) is 8.91. The molecule has 0 aliphatic heterocycles. The van der Waals surface area contributed by atoms with Crippen molar-refractivity contribution in [3.8, 4) is 16.9 Å². The van der Waals surface area contributed by atoms with Crippen molar-refractivity contribution in [3.63, 3.8) is 0 Å². The quantitative estimate of drug-likeness (QED) is 0.273. The maximum atomic E-state index is 9.14. The molecule has 0 aromatic heterocycles. The Morgan fingerprint density at radius 2 is 1.24 bits per heavy atom. The summed E-state index contributed by atoms with van der Waals surface area (Å²) in [4.78, 5) is 0. The highest BCUT2D eigenvalue weighted by Gasteiger charge is 2.11. The van der Waals surface area contributed by atoms with E-state index in [1.807, 2.05) is 0 Å². The van der Waals surface area contributed by atoms with Crippen molar-refractivity contribution in [2.24, 2.45) is 0 Å². The summed E-state index contributed by atoms with van der Waals surface area (Å²) in [7, 11) is 0. The molecule has 0 radical (unpaired) electrons. The summed E-state index contributed by atoms with van der Waals surface area (Å²) < 4.78 is 6.16. The maximum Gasteiger partial charge on any atom is 0.120 e. The molecular formula is C31H40O2. The highest BCUT2D eigenvalue weighted by Crippen LogP contribution is 2.32. The molecule has 0 atom stereocenters. The lowest BCUT2D eigenvalue weighted by Crippen LogP contribution is -1.99. The standard InChI is InChI=1S/C31H40O2/c1-4-7-8-10-24-12-14-26(15-13-24)23-33-29-17-19-31(28(6-3)22-29)30-18-16-25(11-9-20-32)21-27(30)5-2/h12-19,21-22,32H,4-11,20,23H2,1-3H3. The summed E-state index contributed by atoms with van der Waals surface area (Å²) in [6, 6.07) is 22.2. The van der Waals surface area contributed by atoms with E-state index in [1.165, 1.54) is 64.6 Å². The number of benzene rings is 3. The topological polar surface area (TPSA) is 29.5 Å². The molecule has 176 valence electrons. The fourth-order valence-corrected chi connectivity index (χ4v) is 4.40. The zero-order chi connectivity index (χ0) is 23.5. The van der Waals surface area contributed by atoms with Crippen molar-refractivity contribution in [1.82, 2.24) is 0 Å². The minimum atomic E-state index is 0.244. The lowest BCUT2D eigenvalue weighted by Gasteiger charge is -2.16. The molecular weight excluding hydrogens is 404 g/mol. The zero-order valence-electron chi connectivity index (χ0n) is 20.7. The highest BCUT2D eigenvalue weighted by molar-refractivity contribution is 5.72. The fourth-order valence-electron chi connectivity index (χ4n) is 4.40. The number of aryl methyl sites for hydroxylation is 4. The molecule has 0 saturated carbocycles.